The number of tetrazole rings is 1. The van der Waals surface area contributed by atoms with Crippen molar-refractivity contribution in [3.05, 3.63) is 41.2 Å². The highest BCUT2D eigenvalue weighted by molar-refractivity contribution is 6.30. The monoisotopic (exact) mass is 309 g/mol. The van der Waals surface area contributed by atoms with Crippen LogP contribution in [0.2, 0.25) is 5.02 Å². The van der Waals surface area contributed by atoms with Crippen LogP contribution in [-0.4, -0.2) is 39.3 Å². The molecular formula is C13H16ClN5O2. The number of carbonyl (C=O) groups is 1. The normalized spacial score (nSPS) is 13.7. The number of methoxy groups -OCH3 is 1. The lowest BCUT2D eigenvalue weighted by Crippen LogP contribution is -2.39. The van der Waals surface area contributed by atoms with Gasteiger partial charge in [-0.15, -0.1) is 5.10 Å². The Morgan fingerprint density at radius 2 is 2.14 bits per heavy atom. The van der Waals surface area contributed by atoms with Crippen LogP contribution in [0.1, 0.15) is 18.6 Å². The van der Waals surface area contributed by atoms with Crippen molar-refractivity contribution in [2.24, 2.45) is 0 Å². The molecule has 0 aliphatic rings. The third-order valence-corrected chi connectivity index (χ3v) is 3.24. The summed E-state index contributed by atoms with van der Waals surface area (Å²) in [6.45, 7) is 1.94. The molecule has 1 N–H and O–H groups in total. The number of ether oxygens (including phenoxy) is 1. The number of aromatic nitrogens is 4. The number of benzene rings is 1. The molecule has 0 fully saturated rings. The van der Waals surface area contributed by atoms with Gasteiger partial charge >= 0.3 is 0 Å². The fourth-order valence-electron chi connectivity index (χ4n) is 2.06. The molecule has 2 atom stereocenters. The van der Waals surface area contributed by atoms with Crippen LogP contribution in [0.4, 0.5) is 0 Å². The van der Waals surface area contributed by atoms with Crippen molar-refractivity contribution in [1.82, 2.24) is 25.5 Å². The summed E-state index contributed by atoms with van der Waals surface area (Å²) in [7, 11) is 1.60. The Hall–Kier alpha value is -1.99. The molecule has 0 aliphatic carbocycles. The van der Waals surface area contributed by atoms with Crippen LogP contribution in [0.25, 0.3) is 0 Å². The SMILES string of the molecule is CO[C@@H](c1ccc(Cl)cc1)[C@@H](C)NC(=O)Cn1cnnn1. The number of hydrogen-bond donors (Lipinski definition) is 1. The Balaban J connectivity index is 1.98. The third-order valence-electron chi connectivity index (χ3n) is 2.99. The van der Waals surface area contributed by atoms with Gasteiger partial charge in [-0.25, -0.2) is 4.68 Å². The second kappa shape index (κ2) is 7.14. The largest absolute Gasteiger partial charge is 0.375 e. The number of amides is 1. The number of halogens is 1. The van der Waals surface area contributed by atoms with E-state index in [1.54, 1.807) is 19.2 Å². The fourth-order valence-corrected chi connectivity index (χ4v) is 2.18. The maximum absolute atomic E-state index is 11.9. The molecule has 21 heavy (non-hydrogen) atoms. The van der Waals surface area contributed by atoms with Crippen LogP contribution in [0.5, 0.6) is 0 Å². The molecule has 1 aromatic carbocycles. The number of nitrogens with zero attached hydrogens (tertiary/aromatic N) is 4. The molecule has 2 rings (SSSR count). The second-order valence-electron chi connectivity index (χ2n) is 4.57. The molecule has 0 saturated heterocycles. The molecule has 0 saturated carbocycles. The van der Waals surface area contributed by atoms with E-state index in [9.17, 15) is 4.79 Å². The van der Waals surface area contributed by atoms with E-state index in [1.807, 2.05) is 19.1 Å². The Morgan fingerprint density at radius 3 is 2.71 bits per heavy atom. The first-order valence-corrected chi connectivity index (χ1v) is 6.76. The maximum atomic E-state index is 11.9. The smallest absolute Gasteiger partial charge is 0.242 e. The highest BCUT2D eigenvalue weighted by Crippen LogP contribution is 2.22. The van der Waals surface area contributed by atoms with Crippen molar-refractivity contribution in [3.63, 3.8) is 0 Å². The molecule has 1 heterocycles. The number of hydrogen-bond acceptors (Lipinski definition) is 5. The van der Waals surface area contributed by atoms with E-state index in [2.05, 4.69) is 20.8 Å². The van der Waals surface area contributed by atoms with E-state index < -0.39 is 0 Å². The lowest BCUT2D eigenvalue weighted by molar-refractivity contribution is -0.123. The first kappa shape index (κ1) is 15.4. The molecule has 8 heteroatoms. The number of carbonyl (C=O) groups excluding carboxylic acids is 1. The summed E-state index contributed by atoms with van der Waals surface area (Å²) in [6.07, 6.45) is 1.12. The van der Waals surface area contributed by atoms with Gasteiger partial charge in [0, 0.05) is 12.1 Å². The topological polar surface area (TPSA) is 81.9 Å². The van der Waals surface area contributed by atoms with Gasteiger partial charge in [0.1, 0.15) is 19.0 Å². The van der Waals surface area contributed by atoms with Crippen LogP contribution in [0.3, 0.4) is 0 Å². The zero-order valence-electron chi connectivity index (χ0n) is 11.7. The first-order chi connectivity index (χ1) is 10.1. The van der Waals surface area contributed by atoms with E-state index >= 15 is 0 Å². The van der Waals surface area contributed by atoms with Crippen LogP contribution in [0, 0.1) is 0 Å². The predicted octanol–water partition coefficient (Wildman–Crippen LogP) is 1.22. The quantitative estimate of drug-likeness (QED) is 0.867. The van der Waals surface area contributed by atoms with Gasteiger partial charge in [0.05, 0.1) is 6.04 Å². The minimum atomic E-state index is -0.264. The molecule has 0 bridgehead atoms. The summed E-state index contributed by atoms with van der Waals surface area (Å²) in [5.74, 6) is -0.189. The van der Waals surface area contributed by atoms with E-state index in [0.717, 1.165) is 5.56 Å². The third kappa shape index (κ3) is 4.24. The molecule has 112 valence electrons. The maximum Gasteiger partial charge on any atom is 0.242 e. The summed E-state index contributed by atoms with van der Waals surface area (Å²) < 4.78 is 6.82. The molecule has 0 unspecified atom stereocenters. The average Bonchev–Trinajstić information content (AvgIpc) is 2.94. The van der Waals surface area contributed by atoms with E-state index in [1.165, 1.54) is 11.0 Å². The Labute approximate surface area is 127 Å². The Morgan fingerprint density at radius 1 is 1.43 bits per heavy atom. The Kier molecular flexibility index (Phi) is 5.24. The van der Waals surface area contributed by atoms with Gasteiger partial charge in [-0.05, 0) is 35.0 Å². The van der Waals surface area contributed by atoms with Crippen LogP contribution in [-0.2, 0) is 16.1 Å². The highest BCUT2D eigenvalue weighted by atomic mass is 35.5. The summed E-state index contributed by atoms with van der Waals surface area (Å²) in [6, 6.07) is 7.12. The van der Waals surface area contributed by atoms with Crippen molar-refractivity contribution in [2.45, 2.75) is 25.6 Å². The van der Waals surface area contributed by atoms with Crippen molar-refractivity contribution in [2.75, 3.05) is 7.11 Å². The first-order valence-electron chi connectivity index (χ1n) is 6.38. The Bertz CT molecular complexity index is 573. The fraction of sp³-hybridized carbons (Fsp3) is 0.385. The molecule has 7 nitrogen and oxygen atoms in total. The van der Waals surface area contributed by atoms with Crippen molar-refractivity contribution in [1.29, 1.82) is 0 Å². The molecule has 1 amide bonds. The van der Waals surface area contributed by atoms with Gasteiger partial charge in [0.25, 0.3) is 0 Å². The van der Waals surface area contributed by atoms with Crippen molar-refractivity contribution in [3.8, 4) is 0 Å². The van der Waals surface area contributed by atoms with Gasteiger partial charge < -0.3 is 10.1 Å². The molecule has 0 spiro atoms. The minimum Gasteiger partial charge on any atom is -0.375 e. The summed E-state index contributed by atoms with van der Waals surface area (Å²) in [5.41, 5.74) is 0.942. The summed E-state index contributed by atoms with van der Waals surface area (Å²) in [4.78, 5) is 11.9. The average molecular weight is 310 g/mol. The standard InChI is InChI=1S/C13H16ClN5O2/c1-9(16-12(20)7-19-8-15-17-18-19)13(21-2)10-3-5-11(14)6-4-10/h3-6,8-9,13H,7H2,1-2H3,(H,16,20)/t9-,13-/m1/s1. The molecular weight excluding hydrogens is 294 g/mol. The number of nitrogens with one attached hydrogen (secondary N) is 1. The summed E-state index contributed by atoms with van der Waals surface area (Å²) in [5, 5.41) is 14.1. The van der Waals surface area contributed by atoms with E-state index in [0.29, 0.717) is 5.02 Å². The van der Waals surface area contributed by atoms with Gasteiger partial charge in [-0.2, -0.15) is 0 Å². The van der Waals surface area contributed by atoms with Gasteiger partial charge in [0.15, 0.2) is 0 Å². The highest BCUT2D eigenvalue weighted by Gasteiger charge is 2.20. The van der Waals surface area contributed by atoms with Crippen LogP contribution >= 0.6 is 11.6 Å². The second-order valence-corrected chi connectivity index (χ2v) is 5.01. The van der Waals surface area contributed by atoms with E-state index in [4.69, 9.17) is 16.3 Å². The van der Waals surface area contributed by atoms with Gasteiger partial charge in [-0.3, -0.25) is 4.79 Å². The molecule has 0 radical (unpaired) electrons. The zero-order chi connectivity index (χ0) is 15.2. The van der Waals surface area contributed by atoms with Crippen LogP contribution in [0.15, 0.2) is 30.6 Å². The van der Waals surface area contributed by atoms with E-state index in [-0.39, 0.29) is 24.6 Å². The van der Waals surface area contributed by atoms with Crippen molar-refractivity contribution < 1.29 is 9.53 Å². The molecule has 0 aliphatic heterocycles. The number of rotatable bonds is 6. The van der Waals surface area contributed by atoms with Gasteiger partial charge in [-0.1, -0.05) is 23.7 Å². The summed E-state index contributed by atoms with van der Waals surface area (Å²) >= 11 is 5.87. The van der Waals surface area contributed by atoms with Crippen molar-refractivity contribution >= 4 is 17.5 Å². The van der Waals surface area contributed by atoms with Gasteiger partial charge in [0.2, 0.25) is 5.91 Å². The predicted molar refractivity (Wildman–Crippen MR) is 76.6 cm³/mol. The molecule has 1 aromatic heterocycles. The zero-order valence-corrected chi connectivity index (χ0v) is 12.5. The molecule has 2 aromatic rings. The lowest BCUT2D eigenvalue weighted by atomic mass is 10.0. The minimum absolute atomic E-state index is 0.0639. The van der Waals surface area contributed by atoms with Crippen LogP contribution < -0.4 is 5.32 Å². The lowest BCUT2D eigenvalue weighted by Gasteiger charge is -2.24.